The minimum Gasteiger partial charge on any atom is -0.399 e. The molecule has 1 unspecified atom stereocenters. The molecule has 1 aromatic carbocycles. The average molecular weight is 246 g/mol. The molecule has 0 amide bonds. The van der Waals surface area contributed by atoms with Crippen LogP contribution in [0.1, 0.15) is 31.2 Å². The highest BCUT2D eigenvalue weighted by molar-refractivity contribution is 5.40. The van der Waals surface area contributed by atoms with E-state index in [0.29, 0.717) is 6.10 Å². The lowest BCUT2D eigenvalue weighted by molar-refractivity contribution is 0.0677. The number of ether oxygens (including phenoxy) is 1. The molecule has 3 nitrogen and oxygen atoms in total. The number of rotatable bonds is 5. The third-order valence-corrected chi connectivity index (χ3v) is 3.86. The van der Waals surface area contributed by atoms with Crippen LogP contribution in [-0.2, 0) is 11.3 Å². The largest absolute Gasteiger partial charge is 0.399 e. The summed E-state index contributed by atoms with van der Waals surface area (Å²) in [5.74, 6) is 0. The van der Waals surface area contributed by atoms with Gasteiger partial charge in [-0.2, -0.15) is 0 Å². The fourth-order valence-electron chi connectivity index (χ4n) is 2.76. The summed E-state index contributed by atoms with van der Waals surface area (Å²) in [7, 11) is 0. The maximum Gasteiger partial charge on any atom is 0.0703 e. The zero-order chi connectivity index (χ0) is 12.4. The van der Waals surface area contributed by atoms with Crippen LogP contribution in [-0.4, -0.2) is 30.2 Å². The Morgan fingerprint density at radius 3 is 2.83 bits per heavy atom. The van der Waals surface area contributed by atoms with E-state index in [1.165, 1.54) is 31.2 Å². The molecule has 0 bridgehead atoms. The van der Waals surface area contributed by atoms with Crippen molar-refractivity contribution in [3.63, 3.8) is 0 Å². The van der Waals surface area contributed by atoms with Gasteiger partial charge in [-0.15, -0.1) is 0 Å². The Kier molecular flexibility index (Phi) is 3.52. The second kappa shape index (κ2) is 5.29. The molecule has 2 fully saturated rings. The first kappa shape index (κ1) is 12.0. The molecule has 3 rings (SSSR count). The van der Waals surface area contributed by atoms with E-state index in [4.69, 9.17) is 10.5 Å². The van der Waals surface area contributed by atoms with E-state index in [0.717, 1.165) is 31.4 Å². The fourth-order valence-corrected chi connectivity index (χ4v) is 2.76. The van der Waals surface area contributed by atoms with E-state index in [-0.39, 0.29) is 0 Å². The molecule has 0 spiro atoms. The van der Waals surface area contributed by atoms with Crippen molar-refractivity contribution in [3.8, 4) is 0 Å². The van der Waals surface area contributed by atoms with Gasteiger partial charge in [0.05, 0.1) is 6.10 Å². The number of hydrogen-bond donors (Lipinski definition) is 1. The van der Waals surface area contributed by atoms with Crippen LogP contribution in [0.25, 0.3) is 0 Å². The van der Waals surface area contributed by atoms with E-state index < -0.39 is 0 Å². The number of nitrogens with two attached hydrogens (primary N) is 1. The van der Waals surface area contributed by atoms with Crippen LogP contribution in [0.4, 0.5) is 5.69 Å². The summed E-state index contributed by atoms with van der Waals surface area (Å²) >= 11 is 0. The molecule has 1 saturated heterocycles. The molecular formula is C15H22N2O. The van der Waals surface area contributed by atoms with E-state index in [1.807, 2.05) is 12.1 Å². The highest BCUT2D eigenvalue weighted by Gasteiger charge is 2.31. The number of benzene rings is 1. The van der Waals surface area contributed by atoms with Crippen LogP contribution >= 0.6 is 0 Å². The van der Waals surface area contributed by atoms with Crippen molar-refractivity contribution in [1.82, 2.24) is 4.90 Å². The molecule has 1 aliphatic heterocycles. The van der Waals surface area contributed by atoms with Gasteiger partial charge in [0.2, 0.25) is 0 Å². The van der Waals surface area contributed by atoms with Crippen LogP contribution in [0, 0.1) is 0 Å². The van der Waals surface area contributed by atoms with Gasteiger partial charge in [0, 0.05) is 31.4 Å². The lowest BCUT2D eigenvalue weighted by atomic mass is 10.1. The summed E-state index contributed by atoms with van der Waals surface area (Å²) in [6, 6.07) is 9.02. The maximum absolute atomic E-state index is 5.85. The Hall–Kier alpha value is -1.06. The quantitative estimate of drug-likeness (QED) is 0.811. The Morgan fingerprint density at radius 1 is 1.28 bits per heavy atom. The van der Waals surface area contributed by atoms with Gasteiger partial charge in [0.25, 0.3) is 0 Å². The summed E-state index contributed by atoms with van der Waals surface area (Å²) < 4.78 is 5.76. The van der Waals surface area contributed by atoms with Crippen molar-refractivity contribution in [2.45, 2.75) is 44.4 Å². The Bertz CT molecular complexity index is 397. The zero-order valence-electron chi connectivity index (χ0n) is 10.8. The molecule has 1 saturated carbocycles. The Morgan fingerprint density at radius 2 is 2.17 bits per heavy atom. The van der Waals surface area contributed by atoms with Crippen molar-refractivity contribution in [2.75, 3.05) is 18.9 Å². The lowest BCUT2D eigenvalue weighted by Crippen LogP contribution is -2.33. The normalized spacial score (nSPS) is 23.7. The van der Waals surface area contributed by atoms with Gasteiger partial charge in [0.1, 0.15) is 0 Å². The van der Waals surface area contributed by atoms with Crippen molar-refractivity contribution in [2.24, 2.45) is 0 Å². The molecule has 1 atom stereocenters. The second-order valence-corrected chi connectivity index (χ2v) is 5.54. The molecule has 0 aromatic heterocycles. The molecule has 98 valence electrons. The third kappa shape index (κ3) is 3.03. The van der Waals surface area contributed by atoms with Crippen LogP contribution in [0.5, 0.6) is 0 Å². The van der Waals surface area contributed by atoms with Crippen LogP contribution in [0.3, 0.4) is 0 Å². The van der Waals surface area contributed by atoms with Crippen molar-refractivity contribution in [1.29, 1.82) is 0 Å². The van der Waals surface area contributed by atoms with Crippen molar-refractivity contribution in [3.05, 3.63) is 29.8 Å². The molecule has 1 aliphatic carbocycles. The molecular weight excluding hydrogens is 224 g/mol. The summed E-state index contributed by atoms with van der Waals surface area (Å²) in [5.41, 5.74) is 8.03. The third-order valence-electron chi connectivity index (χ3n) is 3.86. The van der Waals surface area contributed by atoms with E-state index >= 15 is 0 Å². The number of nitrogen functional groups attached to an aromatic ring is 1. The molecule has 1 aromatic rings. The predicted octanol–water partition coefficient (Wildman–Crippen LogP) is 2.41. The maximum atomic E-state index is 5.85. The molecule has 1 heterocycles. The van der Waals surface area contributed by atoms with Gasteiger partial charge in [-0.05, 0) is 43.4 Å². The van der Waals surface area contributed by atoms with Gasteiger partial charge in [-0.3, -0.25) is 4.90 Å². The fraction of sp³-hybridized carbons (Fsp3) is 0.600. The molecule has 3 heteroatoms. The topological polar surface area (TPSA) is 38.5 Å². The standard InChI is InChI=1S/C15H22N2O/c16-13-4-1-3-12(9-13)10-17(14-6-7-14)11-15-5-2-8-18-15/h1,3-4,9,14-15H,2,5-8,10-11,16H2. The Balaban J connectivity index is 1.62. The number of anilines is 1. The summed E-state index contributed by atoms with van der Waals surface area (Å²) in [6.45, 7) is 3.04. The first-order valence-corrected chi connectivity index (χ1v) is 7.01. The van der Waals surface area contributed by atoms with Crippen molar-refractivity contribution < 1.29 is 4.74 Å². The predicted molar refractivity (Wildman–Crippen MR) is 73.3 cm³/mol. The SMILES string of the molecule is Nc1cccc(CN(CC2CCCO2)C2CC2)c1. The molecule has 2 N–H and O–H groups in total. The van der Waals surface area contributed by atoms with Crippen LogP contribution < -0.4 is 5.73 Å². The number of nitrogens with zero attached hydrogens (tertiary/aromatic N) is 1. The van der Waals surface area contributed by atoms with Crippen molar-refractivity contribution >= 4 is 5.69 Å². The van der Waals surface area contributed by atoms with Crippen LogP contribution in [0.15, 0.2) is 24.3 Å². The van der Waals surface area contributed by atoms with Gasteiger partial charge >= 0.3 is 0 Å². The van der Waals surface area contributed by atoms with E-state index in [2.05, 4.69) is 17.0 Å². The highest BCUT2D eigenvalue weighted by Crippen LogP contribution is 2.30. The average Bonchev–Trinajstić information content (AvgIpc) is 3.08. The van der Waals surface area contributed by atoms with Gasteiger partial charge in [0.15, 0.2) is 0 Å². The van der Waals surface area contributed by atoms with Gasteiger partial charge < -0.3 is 10.5 Å². The first-order chi connectivity index (χ1) is 8.81. The molecule has 0 radical (unpaired) electrons. The zero-order valence-corrected chi connectivity index (χ0v) is 10.8. The number of hydrogen-bond acceptors (Lipinski definition) is 3. The molecule has 18 heavy (non-hydrogen) atoms. The summed E-state index contributed by atoms with van der Waals surface area (Å²) in [4.78, 5) is 2.57. The van der Waals surface area contributed by atoms with E-state index in [9.17, 15) is 0 Å². The monoisotopic (exact) mass is 246 g/mol. The lowest BCUT2D eigenvalue weighted by Gasteiger charge is -2.25. The van der Waals surface area contributed by atoms with Crippen LogP contribution in [0.2, 0.25) is 0 Å². The second-order valence-electron chi connectivity index (χ2n) is 5.54. The minimum absolute atomic E-state index is 0.451. The highest BCUT2D eigenvalue weighted by atomic mass is 16.5. The smallest absolute Gasteiger partial charge is 0.0703 e. The summed E-state index contributed by atoms with van der Waals surface area (Å²) in [5, 5.41) is 0. The minimum atomic E-state index is 0.451. The molecule has 2 aliphatic rings. The Labute approximate surface area is 109 Å². The van der Waals surface area contributed by atoms with Gasteiger partial charge in [-0.25, -0.2) is 0 Å². The van der Waals surface area contributed by atoms with E-state index in [1.54, 1.807) is 0 Å². The summed E-state index contributed by atoms with van der Waals surface area (Å²) in [6.07, 6.45) is 5.58. The van der Waals surface area contributed by atoms with Gasteiger partial charge in [-0.1, -0.05) is 12.1 Å². The first-order valence-electron chi connectivity index (χ1n) is 7.01.